The first kappa shape index (κ1) is 28.0. The number of tetrazole rings is 1. The molecule has 5 rings (SSSR count). The zero-order chi connectivity index (χ0) is 29.1. The highest BCUT2D eigenvalue weighted by Crippen LogP contribution is 2.41. The van der Waals surface area contributed by atoms with E-state index in [0.29, 0.717) is 10.7 Å². The SMILES string of the molecule is Nc1nc(/C(=N/OCC(=O)O)C(=O)NC2C(=O)N3C(C(=O)O)=C(CSc4nnnn4-c4ccccc4)CS[C@H]23)ns1. The van der Waals surface area contributed by atoms with Crippen molar-refractivity contribution in [3.63, 3.8) is 0 Å². The molecule has 1 aromatic carbocycles. The highest BCUT2D eigenvalue weighted by molar-refractivity contribution is 8.01. The number of aromatic nitrogens is 6. The van der Waals surface area contributed by atoms with Crippen LogP contribution in [0.4, 0.5) is 5.13 Å². The van der Waals surface area contributed by atoms with E-state index < -0.39 is 47.5 Å². The van der Waals surface area contributed by atoms with Crippen LogP contribution in [-0.2, 0) is 24.0 Å². The molecule has 0 aliphatic carbocycles. The Kier molecular flexibility index (Phi) is 8.12. The minimum absolute atomic E-state index is 0.0203. The van der Waals surface area contributed by atoms with E-state index in [1.165, 1.54) is 28.2 Å². The van der Waals surface area contributed by atoms with Crippen molar-refractivity contribution in [1.82, 2.24) is 39.8 Å². The fourth-order valence-electron chi connectivity index (χ4n) is 3.82. The number of nitrogen functional groups attached to an aromatic ring is 1. The summed E-state index contributed by atoms with van der Waals surface area (Å²) in [5.74, 6) is -3.97. The molecule has 2 aliphatic heterocycles. The average Bonchev–Trinajstić information content (AvgIpc) is 3.61. The van der Waals surface area contributed by atoms with Crippen LogP contribution in [0.25, 0.3) is 5.69 Å². The maximum atomic E-state index is 13.1. The summed E-state index contributed by atoms with van der Waals surface area (Å²) in [4.78, 5) is 58.7. The standard InChI is InChI=1S/C21H18N10O7S3/c22-20-24-15(27-41-20)12(26-38-6-11(32)33)16(34)23-13-17(35)30-14(19(36)37)9(7-39-18(13)30)8-40-21-25-28-29-31(21)10-4-2-1-3-5-10/h1-5,13,18H,6-8H2,(H,23,34)(H,32,33)(H,36,37)(H2,22,24,27)/b26-12-/t13?,18-/m1/s1. The van der Waals surface area contributed by atoms with Gasteiger partial charge in [0.15, 0.2) is 5.13 Å². The van der Waals surface area contributed by atoms with Crippen LogP contribution in [0.1, 0.15) is 5.82 Å². The number of carbonyl (C=O) groups is 4. The second-order valence-electron chi connectivity index (χ2n) is 8.18. The number of nitrogens with zero attached hydrogens (tertiary/aromatic N) is 8. The predicted octanol–water partition coefficient (Wildman–Crippen LogP) is -0.568. The number of fused-ring (bicyclic) bond motifs is 1. The third-order valence-electron chi connectivity index (χ3n) is 5.57. The van der Waals surface area contributed by atoms with Gasteiger partial charge < -0.3 is 26.1 Å². The molecule has 3 aromatic rings. The highest BCUT2D eigenvalue weighted by Gasteiger charge is 2.54. The van der Waals surface area contributed by atoms with Crippen molar-refractivity contribution in [2.75, 3.05) is 23.8 Å². The molecule has 17 nitrogen and oxygen atoms in total. The Morgan fingerprint density at radius 1 is 1.24 bits per heavy atom. The first-order valence-electron chi connectivity index (χ1n) is 11.4. The highest BCUT2D eigenvalue weighted by atomic mass is 32.2. The quantitative estimate of drug-likeness (QED) is 0.0910. The Morgan fingerprint density at radius 2 is 2.02 bits per heavy atom. The molecule has 2 aliphatic rings. The van der Waals surface area contributed by atoms with E-state index >= 15 is 0 Å². The van der Waals surface area contributed by atoms with Crippen LogP contribution in [0.2, 0.25) is 0 Å². The van der Waals surface area contributed by atoms with Crippen LogP contribution >= 0.6 is 35.1 Å². The zero-order valence-electron chi connectivity index (χ0n) is 20.5. The summed E-state index contributed by atoms with van der Waals surface area (Å²) < 4.78 is 5.40. The molecule has 1 unspecified atom stereocenters. The Hall–Kier alpha value is -4.56. The number of amides is 2. The lowest BCUT2D eigenvalue weighted by atomic mass is 10.0. The van der Waals surface area contributed by atoms with Crippen molar-refractivity contribution in [1.29, 1.82) is 0 Å². The number of hydrogen-bond acceptors (Lipinski definition) is 15. The van der Waals surface area contributed by atoms with E-state index in [4.69, 9.17) is 10.8 Å². The number of carbonyl (C=O) groups excluding carboxylic acids is 2. The number of carboxylic acid groups (broad SMARTS) is 2. The second-order valence-corrected chi connectivity index (χ2v) is 11.0. The molecule has 2 aromatic heterocycles. The fourth-order valence-corrected chi connectivity index (χ4v) is 6.63. The van der Waals surface area contributed by atoms with Crippen LogP contribution in [0.3, 0.4) is 0 Å². The van der Waals surface area contributed by atoms with Crippen molar-refractivity contribution in [2.45, 2.75) is 16.6 Å². The number of nitrogens with one attached hydrogen (secondary N) is 1. The summed E-state index contributed by atoms with van der Waals surface area (Å²) in [6.07, 6.45) is 0. The molecule has 0 spiro atoms. The van der Waals surface area contributed by atoms with Crippen molar-refractivity contribution >= 4 is 69.7 Å². The van der Waals surface area contributed by atoms with Crippen molar-refractivity contribution in [3.8, 4) is 5.69 Å². The van der Waals surface area contributed by atoms with Gasteiger partial charge in [-0.2, -0.15) is 14.0 Å². The van der Waals surface area contributed by atoms with Gasteiger partial charge in [0.2, 0.25) is 23.3 Å². The van der Waals surface area contributed by atoms with Gasteiger partial charge in [-0.05, 0) is 28.1 Å². The second kappa shape index (κ2) is 11.9. The number of rotatable bonds is 11. The number of anilines is 1. The molecular formula is C21H18N10O7S3. The molecule has 20 heteroatoms. The maximum absolute atomic E-state index is 13.1. The number of aliphatic carboxylic acids is 2. The number of oxime groups is 1. The number of thioether (sulfide) groups is 2. The molecule has 4 heterocycles. The van der Waals surface area contributed by atoms with E-state index in [9.17, 15) is 24.3 Å². The number of nitrogens with two attached hydrogens (primary N) is 1. The Labute approximate surface area is 242 Å². The van der Waals surface area contributed by atoms with Gasteiger partial charge >= 0.3 is 11.9 Å². The smallest absolute Gasteiger partial charge is 0.352 e. The number of hydrogen-bond donors (Lipinski definition) is 4. The minimum atomic E-state index is -1.33. The van der Waals surface area contributed by atoms with Gasteiger partial charge in [-0.1, -0.05) is 35.1 Å². The van der Waals surface area contributed by atoms with Gasteiger partial charge in [0, 0.05) is 23.0 Å². The molecule has 0 bridgehead atoms. The summed E-state index contributed by atoms with van der Waals surface area (Å²) in [5.41, 5.74) is 6.12. The summed E-state index contributed by atoms with van der Waals surface area (Å²) in [7, 11) is 0. The minimum Gasteiger partial charge on any atom is -0.479 e. The largest absolute Gasteiger partial charge is 0.479 e. The third-order valence-corrected chi connectivity index (χ3v) is 8.45. The number of β-lactam (4-membered cyclic amide) rings is 1. The normalized spacial score (nSPS) is 18.5. The molecular weight excluding hydrogens is 600 g/mol. The maximum Gasteiger partial charge on any atom is 0.352 e. The number of benzene rings is 1. The van der Waals surface area contributed by atoms with E-state index in [-0.39, 0.29) is 28.2 Å². The zero-order valence-corrected chi connectivity index (χ0v) is 22.9. The topological polar surface area (TPSA) is 241 Å². The summed E-state index contributed by atoms with van der Waals surface area (Å²) >= 11 is 3.26. The van der Waals surface area contributed by atoms with Gasteiger partial charge in [0.25, 0.3) is 11.8 Å². The summed E-state index contributed by atoms with van der Waals surface area (Å²) in [5, 5.41) is 36.2. The lowest BCUT2D eigenvalue weighted by molar-refractivity contribution is -0.150. The van der Waals surface area contributed by atoms with Crippen molar-refractivity contribution in [2.24, 2.45) is 5.16 Å². The first-order valence-corrected chi connectivity index (χ1v) is 14.2. The van der Waals surface area contributed by atoms with E-state index in [1.807, 2.05) is 30.3 Å². The van der Waals surface area contributed by atoms with Crippen LogP contribution in [0, 0.1) is 0 Å². The fraction of sp³-hybridized carbons (Fsp3) is 0.238. The molecule has 5 N–H and O–H groups in total. The Bertz CT molecular complexity index is 1570. The third kappa shape index (κ3) is 5.83. The van der Waals surface area contributed by atoms with Gasteiger partial charge in [-0.3, -0.25) is 14.5 Å². The van der Waals surface area contributed by atoms with Crippen LogP contribution in [0.5, 0.6) is 0 Å². The summed E-state index contributed by atoms with van der Waals surface area (Å²) in [6.45, 7) is -0.837. The molecule has 0 radical (unpaired) electrons. The molecule has 0 saturated carbocycles. The van der Waals surface area contributed by atoms with Crippen molar-refractivity contribution < 1.29 is 34.2 Å². The predicted molar refractivity (Wildman–Crippen MR) is 144 cm³/mol. The monoisotopic (exact) mass is 618 g/mol. The molecule has 212 valence electrons. The number of para-hydroxylation sites is 1. The number of carboxylic acids is 2. The van der Waals surface area contributed by atoms with Gasteiger partial charge in [-0.15, -0.1) is 16.9 Å². The molecule has 2 atom stereocenters. The summed E-state index contributed by atoms with van der Waals surface area (Å²) in [6, 6.07) is 8.07. The van der Waals surface area contributed by atoms with Crippen LogP contribution in [0.15, 0.2) is 51.9 Å². The van der Waals surface area contributed by atoms with E-state index in [0.717, 1.165) is 22.1 Å². The van der Waals surface area contributed by atoms with E-state index in [1.54, 1.807) is 0 Å². The van der Waals surface area contributed by atoms with Crippen LogP contribution in [-0.4, -0.2) is 104 Å². The molecule has 41 heavy (non-hydrogen) atoms. The Balaban J connectivity index is 1.30. The lowest BCUT2D eigenvalue weighted by Crippen LogP contribution is -2.71. The Morgan fingerprint density at radius 3 is 2.71 bits per heavy atom. The molecule has 2 amide bonds. The lowest BCUT2D eigenvalue weighted by Gasteiger charge is -2.49. The van der Waals surface area contributed by atoms with E-state index in [2.05, 4.69) is 40.2 Å². The van der Waals surface area contributed by atoms with Gasteiger partial charge in [0.05, 0.1) is 5.69 Å². The van der Waals surface area contributed by atoms with Crippen molar-refractivity contribution in [3.05, 3.63) is 47.4 Å². The van der Waals surface area contributed by atoms with Crippen LogP contribution < -0.4 is 11.1 Å². The van der Waals surface area contributed by atoms with Gasteiger partial charge in [-0.25, -0.2) is 9.59 Å². The molecule has 1 saturated heterocycles. The molecule has 1 fully saturated rings. The first-order chi connectivity index (χ1) is 19.7. The average molecular weight is 619 g/mol. The van der Waals surface area contributed by atoms with Gasteiger partial charge in [0.1, 0.15) is 17.1 Å².